The van der Waals surface area contributed by atoms with Crippen molar-refractivity contribution >= 4 is 0 Å². The Hall–Kier alpha value is -1.28. The number of allylic oxidation sites excluding steroid dienone is 1. The molecule has 0 bridgehead atoms. The van der Waals surface area contributed by atoms with E-state index in [-0.39, 0.29) is 0 Å². The lowest BCUT2D eigenvalue weighted by Crippen LogP contribution is -1.99. The predicted octanol–water partition coefficient (Wildman–Crippen LogP) is 5.30. The fourth-order valence-electron chi connectivity index (χ4n) is 1.92. The van der Waals surface area contributed by atoms with E-state index < -0.39 is 0 Å². The lowest BCUT2D eigenvalue weighted by Gasteiger charge is -2.04. The van der Waals surface area contributed by atoms with Gasteiger partial charge >= 0.3 is 0 Å². The summed E-state index contributed by atoms with van der Waals surface area (Å²) in [5.41, 5.74) is 0. The Morgan fingerprint density at radius 3 is 2.16 bits per heavy atom. The third-order valence-electron chi connectivity index (χ3n) is 3.03. The zero-order chi connectivity index (χ0) is 13.6. The van der Waals surface area contributed by atoms with Gasteiger partial charge in [0, 0.05) is 0 Å². The van der Waals surface area contributed by atoms with Gasteiger partial charge in [-0.25, -0.2) is 0 Å². The Morgan fingerprint density at radius 2 is 1.47 bits per heavy atom. The van der Waals surface area contributed by atoms with E-state index in [2.05, 4.69) is 6.58 Å². The second-order valence-electron chi connectivity index (χ2n) is 4.77. The summed E-state index contributed by atoms with van der Waals surface area (Å²) in [5, 5.41) is 0. The molecule has 0 aromatic heterocycles. The molecule has 0 amide bonds. The number of hydrogen-bond donors (Lipinski definition) is 0. The number of para-hydroxylation sites is 1. The maximum Gasteiger partial charge on any atom is 0.165 e. The Kier molecular flexibility index (Phi) is 9.79. The van der Waals surface area contributed by atoms with Crippen LogP contribution in [0.1, 0.15) is 51.4 Å². The average molecular weight is 262 g/mol. The molecule has 2 heteroatoms. The van der Waals surface area contributed by atoms with Gasteiger partial charge in [-0.15, -0.1) is 6.58 Å². The van der Waals surface area contributed by atoms with E-state index in [4.69, 9.17) is 9.78 Å². The highest BCUT2D eigenvalue weighted by molar-refractivity contribution is 5.20. The molecule has 19 heavy (non-hydrogen) atoms. The van der Waals surface area contributed by atoms with Gasteiger partial charge in [0.15, 0.2) is 5.75 Å². The average Bonchev–Trinajstić information content (AvgIpc) is 2.46. The van der Waals surface area contributed by atoms with E-state index >= 15 is 0 Å². The maximum atomic E-state index is 5.17. The van der Waals surface area contributed by atoms with Crippen molar-refractivity contribution in [1.82, 2.24) is 0 Å². The molecule has 0 spiro atoms. The van der Waals surface area contributed by atoms with E-state index in [0.29, 0.717) is 6.61 Å². The third-order valence-corrected chi connectivity index (χ3v) is 3.03. The van der Waals surface area contributed by atoms with Crippen molar-refractivity contribution in [2.75, 3.05) is 6.61 Å². The van der Waals surface area contributed by atoms with Crippen LogP contribution in [-0.2, 0) is 4.89 Å². The highest BCUT2D eigenvalue weighted by Gasteiger charge is 1.94. The van der Waals surface area contributed by atoms with Crippen LogP contribution in [0, 0.1) is 0 Å². The van der Waals surface area contributed by atoms with E-state index in [1.165, 1.54) is 38.5 Å². The quantitative estimate of drug-likeness (QED) is 0.220. The molecule has 0 fully saturated rings. The number of hydrogen-bond acceptors (Lipinski definition) is 2. The minimum Gasteiger partial charge on any atom is -0.338 e. The van der Waals surface area contributed by atoms with Gasteiger partial charge in [-0.3, -0.25) is 0 Å². The second kappa shape index (κ2) is 11.8. The first-order valence-corrected chi connectivity index (χ1v) is 7.39. The van der Waals surface area contributed by atoms with Gasteiger partial charge in [0.05, 0.1) is 6.61 Å². The van der Waals surface area contributed by atoms with E-state index in [9.17, 15) is 0 Å². The molecule has 0 radical (unpaired) electrons. The summed E-state index contributed by atoms with van der Waals surface area (Å²) >= 11 is 0. The Morgan fingerprint density at radius 1 is 0.842 bits per heavy atom. The lowest BCUT2D eigenvalue weighted by molar-refractivity contribution is -0.207. The molecule has 0 aliphatic heterocycles. The van der Waals surface area contributed by atoms with Crippen LogP contribution < -0.4 is 4.89 Å². The first-order valence-electron chi connectivity index (χ1n) is 7.39. The summed E-state index contributed by atoms with van der Waals surface area (Å²) in [6.07, 6.45) is 12.0. The number of unbranched alkanes of at least 4 members (excludes halogenated alkanes) is 7. The topological polar surface area (TPSA) is 18.5 Å². The molecule has 2 nitrogen and oxygen atoms in total. The summed E-state index contributed by atoms with van der Waals surface area (Å²) in [6, 6.07) is 9.62. The van der Waals surface area contributed by atoms with E-state index in [0.717, 1.165) is 18.6 Å². The maximum absolute atomic E-state index is 5.17. The monoisotopic (exact) mass is 262 g/mol. The predicted molar refractivity (Wildman–Crippen MR) is 80.2 cm³/mol. The van der Waals surface area contributed by atoms with Gasteiger partial charge in [-0.05, 0) is 31.4 Å². The highest BCUT2D eigenvalue weighted by atomic mass is 17.2. The van der Waals surface area contributed by atoms with Gasteiger partial charge in [0.25, 0.3) is 0 Å². The Bertz CT molecular complexity index is 308. The summed E-state index contributed by atoms with van der Waals surface area (Å²) in [6.45, 7) is 4.40. The molecule has 0 atom stereocenters. The van der Waals surface area contributed by atoms with Gasteiger partial charge in [0.2, 0.25) is 0 Å². The molecule has 0 aliphatic carbocycles. The molecule has 0 N–H and O–H groups in total. The van der Waals surface area contributed by atoms with Crippen molar-refractivity contribution in [3.63, 3.8) is 0 Å². The molecular weight excluding hydrogens is 236 g/mol. The lowest BCUT2D eigenvalue weighted by atomic mass is 10.1. The largest absolute Gasteiger partial charge is 0.338 e. The van der Waals surface area contributed by atoms with Gasteiger partial charge in [0.1, 0.15) is 0 Å². The standard InChI is InChI=1S/C17H26O2/c1-2-3-4-5-6-7-8-9-13-16-18-19-17-14-11-10-12-15-17/h2,10-12,14-15H,1,3-9,13,16H2. The molecule has 0 saturated heterocycles. The van der Waals surface area contributed by atoms with Crippen LogP contribution in [0.5, 0.6) is 5.75 Å². The molecule has 0 aliphatic rings. The van der Waals surface area contributed by atoms with Crippen molar-refractivity contribution in [2.45, 2.75) is 51.4 Å². The molecule has 106 valence electrons. The van der Waals surface area contributed by atoms with E-state index in [1.54, 1.807) is 0 Å². The SMILES string of the molecule is C=CCCCCCCCCCOOc1ccccc1. The molecule has 1 aromatic carbocycles. The van der Waals surface area contributed by atoms with Crippen LogP contribution in [0.2, 0.25) is 0 Å². The van der Waals surface area contributed by atoms with Gasteiger partial charge < -0.3 is 4.89 Å². The zero-order valence-corrected chi connectivity index (χ0v) is 11.9. The van der Waals surface area contributed by atoms with Crippen LogP contribution in [0.15, 0.2) is 43.0 Å². The number of benzene rings is 1. The summed E-state index contributed by atoms with van der Waals surface area (Å²) in [5.74, 6) is 0.768. The van der Waals surface area contributed by atoms with Crippen molar-refractivity contribution in [2.24, 2.45) is 0 Å². The zero-order valence-electron chi connectivity index (χ0n) is 11.9. The fourth-order valence-corrected chi connectivity index (χ4v) is 1.92. The minimum atomic E-state index is 0.672. The molecule has 0 unspecified atom stereocenters. The van der Waals surface area contributed by atoms with Crippen molar-refractivity contribution < 1.29 is 9.78 Å². The fraction of sp³-hybridized carbons (Fsp3) is 0.529. The first kappa shape index (κ1) is 15.8. The third kappa shape index (κ3) is 9.32. The summed E-state index contributed by atoms with van der Waals surface area (Å²) in [7, 11) is 0. The van der Waals surface area contributed by atoms with Crippen molar-refractivity contribution in [1.29, 1.82) is 0 Å². The van der Waals surface area contributed by atoms with Crippen LogP contribution >= 0.6 is 0 Å². The highest BCUT2D eigenvalue weighted by Crippen LogP contribution is 2.10. The Labute approximate surface area is 117 Å². The van der Waals surface area contributed by atoms with Crippen LogP contribution in [-0.4, -0.2) is 6.61 Å². The Balaban J connectivity index is 1.80. The number of rotatable bonds is 12. The molecule has 1 rings (SSSR count). The smallest absolute Gasteiger partial charge is 0.165 e. The van der Waals surface area contributed by atoms with Crippen molar-refractivity contribution in [3.05, 3.63) is 43.0 Å². The van der Waals surface area contributed by atoms with E-state index in [1.807, 2.05) is 36.4 Å². The summed E-state index contributed by atoms with van der Waals surface area (Å²) < 4.78 is 0. The normalized spacial score (nSPS) is 10.3. The molecule has 0 saturated carbocycles. The first-order chi connectivity index (χ1) is 9.43. The molecule has 0 heterocycles. The van der Waals surface area contributed by atoms with Gasteiger partial charge in [-0.2, -0.15) is 4.89 Å². The molecule has 1 aromatic rings. The second-order valence-corrected chi connectivity index (χ2v) is 4.77. The van der Waals surface area contributed by atoms with Crippen LogP contribution in [0.4, 0.5) is 0 Å². The van der Waals surface area contributed by atoms with Crippen LogP contribution in [0.25, 0.3) is 0 Å². The minimum absolute atomic E-state index is 0.672. The summed E-state index contributed by atoms with van der Waals surface area (Å²) in [4.78, 5) is 10.3. The van der Waals surface area contributed by atoms with Crippen LogP contribution in [0.3, 0.4) is 0 Å². The molecular formula is C17H26O2. The van der Waals surface area contributed by atoms with Gasteiger partial charge in [-0.1, -0.05) is 56.4 Å². The van der Waals surface area contributed by atoms with Crippen molar-refractivity contribution in [3.8, 4) is 5.75 Å².